The standard InChI is InChI=1S/C17H28N2O2/c1-17(2)13-19(10-5-9-18-17)11-8-14-6-7-15(20-3)16(12-14)21-4/h6-7,12,18H,5,8-11,13H2,1-4H3. The minimum absolute atomic E-state index is 0.202. The normalized spacial score (nSPS) is 19.0. The number of hydrogen-bond acceptors (Lipinski definition) is 4. The van der Waals surface area contributed by atoms with Gasteiger partial charge in [0.15, 0.2) is 11.5 Å². The molecule has 1 N–H and O–H groups in total. The number of hydrogen-bond donors (Lipinski definition) is 1. The number of benzene rings is 1. The van der Waals surface area contributed by atoms with Gasteiger partial charge in [0.25, 0.3) is 0 Å². The van der Waals surface area contributed by atoms with Crippen LogP contribution in [0.5, 0.6) is 11.5 Å². The molecule has 1 aromatic rings. The van der Waals surface area contributed by atoms with Crippen LogP contribution in [0.2, 0.25) is 0 Å². The highest BCUT2D eigenvalue weighted by Crippen LogP contribution is 2.27. The van der Waals surface area contributed by atoms with Crippen molar-refractivity contribution in [1.29, 1.82) is 0 Å². The quantitative estimate of drug-likeness (QED) is 0.903. The third-order valence-corrected chi connectivity index (χ3v) is 4.04. The molecule has 0 aliphatic carbocycles. The minimum atomic E-state index is 0.202. The van der Waals surface area contributed by atoms with Crippen LogP contribution in [-0.4, -0.2) is 50.8 Å². The highest BCUT2D eigenvalue weighted by Gasteiger charge is 2.23. The second kappa shape index (κ2) is 7.14. The van der Waals surface area contributed by atoms with Crippen LogP contribution >= 0.6 is 0 Å². The third kappa shape index (κ3) is 4.61. The summed E-state index contributed by atoms with van der Waals surface area (Å²) < 4.78 is 10.7. The largest absolute Gasteiger partial charge is 0.493 e. The van der Waals surface area contributed by atoms with Crippen LogP contribution in [0.25, 0.3) is 0 Å². The van der Waals surface area contributed by atoms with Gasteiger partial charge < -0.3 is 19.7 Å². The summed E-state index contributed by atoms with van der Waals surface area (Å²) >= 11 is 0. The van der Waals surface area contributed by atoms with Crippen molar-refractivity contribution < 1.29 is 9.47 Å². The maximum absolute atomic E-state index is 5.37. The van der Waals surface area contributed by atoms with Crippen LogP contribution in [0.4, 0.5) is 0 Å². The number of ether oxygens (including phenoxy) is 2. The molecular formula is C17H28N2O2. The molecule has 1 aromatic carbocycles. The lowest BCUT2D eigenvalue weighted by Gasteiger charge is -2.30. The molecule has 4 heteroatoms. The molecule has 1 heterocycles. The maximum atomic E-state index is 5.37. The van der Waals surface area contributed by atoms with E-state index < -0.39 is 0 Å². The zero-order valence-corrected chi connectivity index (χ0v) is 13.7. The SMILES string of the molecule is COc1ccc(CCN2CCCNC(C)(C)C2)cc1OC. The van der Waals surface area contributed by atoms with Gasteiger partial charge in [-0.1, -0.05) is 6.07 Å². The monoisotopic (exact) mass is 292 g/mol. The average Bonchev–Trinajstić information content (AvgIpc) is 2.65. The van der Waals surface area contributed by atoms with Gasteiger partial charge in [0.05, 0.1) is 14.2 Å². The molecular weight excluding hydrogens is 264 g/mol. The second-order valence-electron chi connectivity index (χ2n) is 6.38. The number of rotatable bonds is 5. The van der Waals surface area contributed by atoms with Crippen LogP contribution in [0.15, 0.2) is 18.2 Å². The molecule has 1 aliphatic rings. The molecule has 1 saturated heterocycles. The second-order valence-corrected chi connectivity index (χ2v) is 6.38. The summed E-state index contributed by atoms with van der Waals surface area (Å²) in [6, 6.07) is 6.20. The fraction of sp³-hybridized carbons (Fsp3) is 0.647. The molecule has 0 atom stereocenters. The fourth-order valence-corrected chi connectivity index (χ4v) is 2.94. The number of nitrogens with zero attached hydrogens (tertiary/aromatic N) is 1. The zero-order valence-electron chi connectivity index (χ0n) is 13.7. The van der Waals surface area contributed by atoms with Crippen LogP contribution in [-0.2, 0) is 6.42 Å². The van der Waals surface area contributed by atoms with Crippen molar-refractivity contribution in [3.05, 3.63) is 23.8 Å². The van der Waals surface area contributed by atoms with Crippen LogP contribution in [0, 0.1) is 0 Å². The van der Waals surface area contributed by atoms with Gasteiger partial charge in [-0.15, -0.1) is 0 Å². The summed E-state index contributed by atoms with van der Waals surface area (Å²) in [4.78, 5) is 2.55. The molecule has 2 rings (SSSR count). The van der Waals surface area contributed by atoms with Crippen LogP contribution in [0.1, 0.15) is 25.8 Å². The van der Waals surface area contributed by atoms with Crippen molar-refractivity contribution in [3.8, 4) is 11.5 Å². The topological polar surface area (TPSA) is 33.7 Å². The summed E-state index contributed by atoms with van der Waals surface area (Å²) in [6.07, 6.45) is 2.26. The van der Waals surface area contributed by atoms with Gasteiger partial charge in [0, 0.05) is 18.6 Å². The van der Waals surface area contributed by atoms with Gasteiger partial charge in [-0.05, 0) is 57.5 Å². The van der Waals surface area contributed by atoms with E-state index in [0.29, 0.717) is 0 Å². The van der Waals surface area contributed by atoms with Crippen LogP contribution in [0.3, 0.4) is 0 Å². The molecule has 0 spiro atoms. The zero-order chi connectivity index (χ0) is 15.3. The van der Waals surface area contributed by atoms with Gasteiger partial charge >= 0.3 is 0 Å². The first kappa shape index (κ1) is 16.1. The lowest BCUT2D eigenvalue weighted by molar-refractivity contribution is 0.233. The van der Waals surface area contributed by atoms with E-state index in [9.17, 15) is 0 Å². The van der Waals surface area contributed by atoms with Gasteiger partial charge in [-0.25, -0.2) is 0 Å². The van der Waals surface area contributed by atoms with E-state index in [-0.39, 0.29) is 5.54 Å². The van der Waals surface area contributed by atoms with Crippen molar-refractivity contribution in [2.75, 3.05) is 40.4 Å². The summed E-state index contributed by atoms with van der Waals surface area (Å²) in [6.45, 7) is 9.02. The summed E-state index contributed by atoms with van der Waals surface area (Å²) in [5, 5.41) is 3.60. The van der Waals surface area contributed by atoms with Crippen molar-refractivity contribution in [3.63, 3.8) is 0 Å². The van der Waals surface area contributed by atoms with E-state index in [1.165, 1.54) is 18.5 Å². The Morgan fingerprint density at radius 1 is 1.19 bits per heavy atom. The first-order chi connectivity index (χ1) is 10.0. The van der Waals surface area contributed by atoms with Crippen molar-refractivity contribution in [2.24, 2.45) is 0 Å². The van der Waals surface area contributed by atoms with Crippen LogP contribution < -0.4 is 14.8 Å². The summed E-state index contributed by atoms with van der Waals surface area (Å²) in [7, 11) is 3.36. The molecule has 0 radical (unpaired) electrons. The lowest BCUT2D eigenvalue weighted by Crippen LogP contribution is -2.46. The predicted molar refractivity (Wildman–Crippen MR) is 86.4 cm³/mol. The predicted octanol–water partition coefficient (Wildman–Crippen LogP) is 2.32. The smallest absolute Gasteiger partial charge is 0.160 e. The molecule has 0 bridgehead atoms. The van der Waals surface area contributed by atoms with Gasteiger partial charge in [-0.2, -0.15) is 0 Å². The Hall–Kier alpha value is -1.26. The van der Waals surface area contributed by atoms with Gasteiger partial charge in [0.1, 0.15) is 0 Å². The Kier molecular flexibility index (Phi) is 5.48. The summed E-state index contributed by atoms with van der Waals surface area (Å²) in [5.74, 6) is 1.61. The van der Waals surface area contributed by atoms with Gasteiger partial charge in [0.2, 0.25) is 0 Å². The Labute approximate surface area is 128 Å². The molecule has 0 unspecified atom stereocenters. The first-order valence-corrected chi connectivity index (χ1v) is 7.72. The highest BCUT2D eigenvalue weighted by atomic mass is 16.5. The summed E-state index contributed by atoms with van der Waals surface area (Å²) in [5.41, 5.74) is 1.50. The van der Waals surface area contributed by atoms with E-state index in [0.717, 1.165) is 37.6 Å². The van der Waals surface area contributed by atoms with Crippen molar-refractivity contribution in [1.82, 2.24) is 10.2 Å². The first-order valence-electron chi connectivity index (χ1n) is 7.72. The lowest BCUT2D eigenvalue weighted by atomic mass is 10.1. The Morgan fingerprint density at radius 2 is 1.95 bits per heavy atom. The Morgan fingerprint density at radius 3 is 2.67 bits per heavy atom. The van der Waals surface area contributed by atoms with E-state index in [2.05, 4.69) is 36.2 Å². The van der Waals surface area contributed by atoms with E-state index in [1.54, 1.807) is 14.2 Å². The molecule has 4 nitrogen and oxygen atoms in total. The minimum Gasteiger partial charge on any atom is -0.493 e. The third-order valence-electron chi connectivity index (χ3n) is 4.04. The van der Waals surface area contributed by atoms with E-state index >= 15 is 0 Å². The van der Waals surface area contributed by atoms with Crippen molar-refractivity contribution >= 4 is 0 Å². The average molecular weight is 292 g/mol. The highest BCUT2D eigenvalue weighted by molar-refractivity contribution is 5.42. The molecule has 1 fully saturated rings. The number of methoxy groups -OCH3 is 2. The van der Waals surface area contributed by atoms with E-state index in [1.807, 2.05) is 6.07 Å². The van der Waals surface area contributed by atoms with E-state index in [4.69, 9.17) is 9.47 Å². The Balaban J connectivity index is 1.96. The van der Waals surface area contributed by atoms with Crippen molar-refractivity contribution in [2.45, 2.75) is 32.2 Å². The molecule has 118 valence electrons. The molecule has 21 heavy (non-hydrogen) atoms. The Bertz CT molecular complexity index is 460. The molecule has 0 aromatic heterocycles. The fourth-order valence-electron chi connectivity index (χ4n) is 2.94. The molecule has 1 aliphatic heterocycles. The molecule has 0 amide bonds. The molecule has 0 saturated carbocycles. The number of nitrogens with one attached hydrogen (secondary N) is 1. The maximum Gasteiger partial charge on any atom is 0.160 e. The van der Waals surface area contributed by atoms with Gasteiger partial charge in [-0.3, -0.25) is 0 Å².